The highest BCUT2D eigenvalue weighted by Gasteiger charge is 2.52. The Bertz CT molecular complexity index is 1020. The van der Waals surface area contributed by atoms with E-state index in [0.29, 0.717) is 23.7 Å². The normalized spacial score (nSPS) is 16.1. The second kappa shape index (κ2) is 8.25. The molecule has 1 saturated carbocycles. The summed E-state index contributed by atoms with van der Waals surface area (Å²) in [4.78, 5) is 24.6. The lowest BCUT2D eigenvalue weighted by molar-refractivity contribution is -0.155. The molecule has 2 aliphatic rings. The minimum Gasteiger partial charge on any atom is -0.493 e. The van der Waals surface area contributed by atoms with Crippen LogP contribution in [0.25, 0.3) is 11.1 Å². The molecule has 0 saturated heterocycles. The van der Waals surface area contributed by atoms with Crippen molar-refractivity contribution in [3.05, 3.63) is 41.5 Å². The summed E-state index contributed by atoms with van der Waals surface area (Å²) in [7, 11) is 3.14. The van der Waals surface area contributed by atoms with Crippen LogP contribution in [0, 0.1) is 5.41 Å². The van der Waals surface area contributed by atoms with E-state index in [4.69, 9.17) is 18.9 Å². The number of aryl methyl sites for hydroxylation is 1. The van der Waals surface area contributed by atoms with E-state index in [-0.39, 0.29) is 24.5 Å². The predicted molar refractivity (Wildman–Crippen MR) is 116 cm³/mol. The highest BCUT2D eigenvalue weighted by Crippen LogP contribution is 2.50. The molecular formula is C25H28O6. The van der Waals surface area contributed by atoms with E-state index in [1.54, 1.807) is 14.2 Å². The molecule has 6 heteroatoms. The summed E-state index contributed by atoms with van der Waals surface area (Å²) in [5, 5.41) is 0. The van der Waals surface area contributed by atoms with Crippen LogP contribution in [0.5, 0.6) is 17.2 Å². The summed E-state index contributed by atoms with van der Waals surface area (Å²) in [5.74, 6) is 1.51. The van der Waals surface area contributed by atoms with Crippen LogP contribution in [0.1, 0.15) is 49.0 Å². The van der Waals surface area contributed by atoms with Gasteiger partial charge < -0.3 is 18.9 Å². The van der Waals surface area contributed by atoms with Gasteiger partial charge in [0.1, 0.15) is 12.0 Å². The maximum Gasteiger partial charge on any atom is 0.315 e. The Hall–Kier alpha value is -3.02. The van der Waals surface area contributed by atoms with E-state index in [2.05, 4.69) is 0 Å². The van der Waals surface area contributed by atoms with Crippen LogP contribution in [-0.4, -0.2) is 38.7 Å². The Labute approximate surface area is 182 Å². The monoisotopic (exact) mass is 424 g/mol. The van der Waals surface area contributed by atoms with Crippen LogP contribution in [-0.2, 0) is 16.0 Å². The third-order valence-electron chi connectivity index (χ3n) is 5.96. The number of hydrogen-bond acceptors (Lipinski definition) is 6. The topological polar surface area (TPSA) is 71.1 Å². The second-order valence-electron chi connectivity index (χ2n) is 8.50. The highest BCUT2D eigenvalue weighted by molar-refractivity contribution is 6.01. The molecule has 0 bridgehead atoms. The van der Waals surface area contributed by atoms with Gasteiger partial charge in [-0.05, 0) is 56.4 Å². The molecule has 0 radical (unpaired) electrons. The maximum absolute atomic E-state index is 12.6. The van der Waals surface area contributed by atoms with Crippen LogP contribution in [0.15, 0.2) is 30.3 Å². The average molecular weight is 424 g/mol. The quantitative estimate of drug-likeness (QED) is 0.577. The minimum atomic E-state index is -0.611. The zero-order valence-electron chi connectivity index (χ0n) is 18.4. The number of ether oxygens (including phenoxy) is 4. The molecule has 0 unspecified atom stereocenters. The highest BCUT2D eigenvalue weighted by atomic mass is 16.6. The lowest BCUT2D eigenvalue weighted by atomic mass is 9.99. The molecule has 2 aromatic rings. The van der Waals surface area contributed by atoms with Gasteiger partial charge in [0, 0.05) is 17.5 Å². The Kier molecular flexibility index (Phi) is 5.65. The molecule has 164 valence electrons. The fourth-order valence-corrected chi connectivity index (χ4v) is 4.00. The number of rotatable bonds is 8. The molecule has 0 aliphatic heterocycles. The van der Waals surface area contributed by atoms with E-state index in [9.17, 15) is 9.59 Å². The number of esters is 1. The molecule has 0 spiro atoms. The van der Waals surface area contributed by atoms with Gasteiger partial charge in [-0.25, -0.2) is 0 Å². The lowest BCUT2D eigenvalue weighted by Gasteiger charge is -2.21. The Morgan fingerprint density at radius 1 is 1.00 bits per heavy atom. The molecule has 1 fully saturated rings. The first-order valence-electron chi connectivity index (χ1n) is 10.6. The summed E-state index contributed by atoms with van der Waals surface area (Å²) in [6.45, 7) is 3.89. The van der Waals surface area contributed by atoms with Gasteiger partial charge in [-0.3, -0.25) is 9.59 Å². The minimum absolute atomic E-state index is 0.166. The van der Waals surface area contributed by atoms with Crippen LogP contribution < -0.4 is 14.2 Å². The number of Topliss-reactive ketones (excluding diaryl/α,β-unsaturated/α-hetero) is 1. The largest absolute Gasteiger partial charge is 0.493 e. The number of hydrogen-bond donors (Lipinski definition) is 0. The average Bonchev–Trinajstić information content (AvgIpc) is 3.47. The summed E-state index contributed by atoms with van der Waals surface area (Å²) >= 11 is 0. The predicted octanol–water partition coefficient (Wildman–Crippen LogP) is 4.61. The van der Waals surface area contributed by atoms with Crippen molar-refractivity contribution in [3.8, 4) is 28.4 Å². The van der Waals surface area contributed by atoms with E-state index in [1.807, 2.05) is 44.2 Å². The van der Waals surface area contributed by atoms with Crippen molar-refractivity contribution in [2.24, 2.45) is 5.41 Å². The summed E-state index contributed by atoms with van der Waals surface area (Å²) in [5.41, 5.74) is 2.98. The van der Waals surface area contributed by atoms with Gasteiger partial charge in [0.25, 0.3) is 0 Å². The van der Waals surface area contributed by atoms with Crippen molar-refractivity contribution in [3.63, 3.8) is 0 Å². The zero-order chi connectivity index (χ0) is 22.2. The molecule has 31 heavy (non-hydrogen) atoms. The number of benzene rings is 2. The fourth-order valence-electron chi connectivity index (χ4n) is 4.00. The molecule has 2 aromatic carbocycles. The molecule has 4 rings (SSSR count). The SMILES string of the molecule is COc1ccc(-c2ccc3c(c2)CCC3=O)c(OCC2(C(=O)OC(C)C)CC2)c1OC. The Morgan fingerprint density at radius 3 is 2.39 bits per heavy atom. The van der Waals surface area contributed by atoms with Crippen molar-refractivity contribution in [1.82, 2.24) is 0 Å². The molecule has 6 nitrogen and oxygen atoms in total. The van der Waals surface area contributed by atoms with Crippen LogP contribution in [0.4, 0.5) is 0 Å². The third-order valence-corrected chi connectivity index (χ3v) is 5.96. The summed E-state index contributed by atoms with van der Waals surface area (Å²) < 4.78 is 22.8. The van der Waals surface area contributed by atoms with E-state index in [0.717, 1.165) is 41.5 Å². The molecule has 0 aromatic heterocycles. The van der Waals surface area contributed by atoms with Gasteiger partial charge in [0.15, 0.2) is 17.3 Å². The molecule has 2 aliphatic carbocycles. The number of carbonyl (C=O) groups excluding carboxylic acids is 2. The number of fused-ring (bicyclic) bond motifs is 1. The van der Waals surface area contributed by atoms with E-state index >= 15 is 0 Å². The standard InChI is InChI=1S/C25H28O6/c1-15(2)31-24(27)25(11-12-25)14-30-22-19(8-10-21(28-3)23(22)29-4)17-5-7-18-16(13-17)6-9-20(18)26/h5,7-8,10,13,15H,6,9,11-12,14H2,1-4H3. The molecule has 0 amide bonds. The number of ketones is 1. The van der Waals surface area contributed by atoms with Gasteiger partial charge >= 0.3 is 5.97 Å². The molecule has 0 heterocycles. The van der Waals surface area contributed by atoms with Crippen LogP contribution >= 0.6 is 0 Å². The van der Waals surface area contributed by atoms with E-state index in [1.165, 1.54) is 0 Å². The number of carbonyl (C=O) groups is 2. The van der Waals surface area contributed by atoms with Crippen molar-refractivity contribution in [2.75, 3.05) is 20.8 Å². The molecular weight excluding hydrogens is 396 g/mol. The second-order valence-corrected chi connectivity index (χ2v) is 8.50. The first-order chi connectivity index (χ1) is 14.9. The van der Waals surface area contributed by atoms with Gasteiger partial charge in [0.2, 0.25) is 5.75 Å². The lowest BCUT2D eigenvalue weighted by Crippen LogP contribution is -2.28. The van der Waals surface area contributed by atoms with Gasteiger partial charge in [-0.1, -0.05) is 18.2 Å². The summed E-state index contributed by atoms with van der Waals surface area (Å²) in [6.07, 6.45) is 2.60. The molecule has 0 atom stereocenters. The third kappa shape index (κ3) is 3.99. The summed E-state index contributed by atoms with van der Waals surface area (Å²) in [6, 6.07) is 9.59. The van der Waals surface area contributed by atoms with Gasteiger partial charge in [0.05, 0.1) is 20.3 Å². The van der Waals surface area contributed by atoms with Gasteiger partial charge in [-0.2, -0.15) is 0 Å². The van der Waals surface area contributed by atoms with Crippen LogP contribution in [0.2, 0.25) is 0 Å². The molecule has 0 N–H and O–H groups in total. The number of methoxy groups -OCH3 is 2. The van der Waals surface area contributed by atoms with Gasteiger partial charge in [-0.15, -0.1) is 0 Å². The van der Waals surface area contributed by atoms with Crippen molar-refractivity contribution >= 4 is 11.8 Å². The van der Waals surface area contributed by atoms with Crippen molar-refractivity contribution in [1.29, 1.82) is 0 Å². The zero-order valence-corrected chi connectivity index (χ0v) is 18.4. The smallest absolute Gasteiger partial charge is 0.315 e. The fraction of sp³-hybridized carbons (Fsp3) is 0.440. The Morgan fingerprint density at radius 2 is 1.74 bits per heavy atom. The van der Waals surface area contributed by atoms with Crippen molar-refractivity contribution < 1.29 is 28.5 Å². The first-order valence-corrected chi connectivity index (χ1v) is 10.6. The van der Waals surface area contributed by atoms with Crippen molar-refractivity contribution in [2.45, 2.75) is 45.6 Å². The first kappa shape index (κ1) is 21.2. The maximum atomic E-state index is 12.6. The Balaban J connectivity index is 1.69. The van der Waals surface area contributed by atoms with E-state index < -0.39 is 5.41 Å². The van der Waals surface area contributed by atoms with Crippen LogP contribution in [0.3, 0.4) is 0 Å².